The molecule has 3 N–H and O–H groups in total. The molecule has 2 amide bonds. The number of para-hydroxylation sites is 1. The normalized spacial score (nSPS) is 10.7. The highest BCUT2D eigenvalue weighted by Crippen LogP contribution is 2.35. The maximum absolute atomic E-state index is 12.6. The van der Waals surface area contributed by atoms with Gasteiger partial charge in [0.05, 0.1) is 10.2 Å². The molecule has 178 valence electrons. The molecule has 0 atom stereocenters. The second-order valence-electron chi connectivity index (χ2n) is 7.14. The number of carbonyl (C=O) groups is 2. The Morgan fingerprint density at radius 2 is 1.71 bits per heavy atom. The number of rotatable bonds is 9. The molecule has 0 aliphatic heterocycles. The Hall–Kier alpha value is -4.04. The van der Waals surface area contributed by atoms with Crippen molar-refractivity contribution in [3.05, 3.63) is 81.4 Å². The summed E-state index contributed by atoms with van der Waals surface area (Å²) in [7, 11) is 0. The van der Waals surface area contributed by atoms with Crippen molar-refractivity contribution >= 4 is 51.9 Å². The van der Waals surface area contributed by atoms with Gasteiger partial charge in [0.2, 0.25) is 0 Å². The summed E-state index contributed by atoms with van der Waals surface area (Å²) in [6.07, 6.45) is 1.44. The highest BCUT2D eigenvalue weighted by Gasteiger charge is 2.16. The van der Waals surface area contributed by atoms with Gasteiger partial charge >= 0.3 is 0 Å². The van der Waals surface area contributed by atoms with E-state index >= 15 is 0 Å². The van der Waals surface area contributed by atoms with Crippen LogP contribution >= 0.6 is 22.6 Å². The van der Waals surface area contributed by atoms with E-state index in [0.717, 1.165) is 0 Å². The number of hydrogen-bond acceptors (Lipinski definition) is 6. The van der Waals surface area contributed by atoms with Crippen LogP contribution in [0.5, 0.6) is 17.2 Å². The number of benzene rings is 3. The van der Waals surface area contributed by atoms with Gasteiger partial charge in [0.25, 0.3) is 11.8 Å². The van der Waals surface area contributed by atoms with Gasteiger partial charge in [-0.1, -0.05) is 18.2 Å². The van der Waals surface area contributed by atoms with Crippen molar-refractivity contribution < 1.29 is 24.2 Å². The second kappa shape index (κ2) is 12.4. The molecule has 35 heavy (non-hydrogen) atoms. The lowest BCUT2D eigenvalue weighted by molar-refractivity contribution is -0.118. The van der Waals surface area contributed by atoms with Gasteiger partial charge in [-0.05, 0) is 89.7 Å². The molecule has 0 aliphatic rings. The smallest absolute Gasteiger partial charge is 0.266 e. The first-order valence-corrected chi connectivity index (χ1v) is 11.6. The fraction of sp³-hybridized carbons (Fsp3) is 0.115. The zero-order valence-electron chi connectivity index (χ0n) is 18.7. The van der Waals surface area contributed by atoms with Crippen LogP contribution in [0.4, 0.5) is 11.4 Å². The monoisotopic (exact) mass is 583 g/mol. The molecule has 3 aromatic carbocycles. The summed E-state index contributed by atoms with van der Waals surface area (Å²) in [4.78, 5) is 24.8. The third-order valence-electron chi connectivity index (χ3n) is 4.54. The first kappa shape index (κ1) is 25.6. The van der Waals surface area contributed by atoms with Crippen molar-refractivity contribution in [2.24, 2.45) is 0 Å². The number of nitriles is 1. The molecule has 0 unspecified atom stereocenters. The average Bonchev–Trinajstić information content (AvgIpc) is 2.84. The summed E-state index contributed by atoms with van der Waals surface area (Å²) in [5.41, 5.74) is 1.54. The van der Waals surface area contributed by atoms with E-state index < -0.39 is 5.91 Å². The van der Waals surface area contributed by atoms with Crippen LogP contribution in [0.2, 0.25) is 0 Å². The Kier molecular flexibility index (Phi) is 9.09. The van der Waals surface area contributed by atoms with Gasteiger partial charge in [-0.2, -0.15) is 5.26 Å². The van der Waals surface area contributed by atoms with Crippen LogP contribution < -0.4 is 20.1 Å². The standard InChI is InChI=1S/C26H22IN3O5/c1-2-34-23-14-17(12-18(15-28)26(33)30-20-8-10-21(31)11-9-20)13-22(27)25(23)35-16-24(32)29-19-6-4-3-5-7-19/h3-14,31H,2,16H2,1H3,(H,29,32)(H,30,33)/b18-12+. The molecule has 0 saturated heterocycles. The van der Waals surface area contributed by atoms with Crippen LogP contribution in [0.1, 0.15) is 12.5 Å². The number of nitrogens with zero attached hydrogens (tertiary/aromatic N) is 1. The molecule has 0 bridgehead atoms. The summed E-state index contributed by atoms with van der Waals surface area (Å²) >= 11 is 2.05. The molecular formula is C26H22IN3O5. The lowest BCUT2D eigenvalue weighted by Crippen LogP contribution is -2.20. The largest absolute Gasteiger partial charge is 0.508 e. The first-order chi connectivity index (χ1) is 16.9. The van der Waals surface area contributed by atoms with Crippen molar-refractivity contribution in [1.82, 2.24) is 0 Å². The first-order valence-electron chi connectivity index (χ1n) is 10.6. The van der Waals surface area contributed by atoms with E-state index in [1.165, 1.54) is 30.3 Å². The number of ether oxygens (including phenoxy) is 2. The predicted molar refractivity (Wildman–Crippen MR) is 141 cm³/mol. The minimum atomic E-state index is -0.593. The van der Waals surface area contributed by atoms with E-state index in [1.807, 2.05) is 53.8 Å². The molecule has 3 rings (SSSR count). The number of phenols is 1. The van der Waals surface area contributed by atoms with E-state index in [9.17, 15) is 20.0 Å². The average molecular weight is 583 g/mol. The van der Waals surface area contributed by atoms with Crippen molar-refractivity contribution in [2.45, 2.75) is 6.92 Å². The Balaban J connectivity index is 1.77. The quantitative estimate of drug-likeness (QED) is 0.142. The molecule has 0 spiro atoms. The second-order valence-corrected chi connectivity index (χ2v) is 8.30. The Bertz CT molecular complexity index is 1270. The zero-order chi connectivity index (χ0) is 25.2. The van der Waals surface area contributed by atoms with Crippen LogP contribution in [-0.4, -0.2) is 30.1 Å². The maximum atomic E-state index is 12.6. The van der Waals surface area contributed by atoms with Crippen LogP contribution in [0.15, 0.2) is 72.3 Å². The molecule has 9 heteroatoms. The zero-order valence-corrected chi connectivity index (χ0v) is 20.9. The molecule has 8 nitrogen and oxygen atoms in total. The van der Waals surface area contributed by atoms with Crippen molar-refractivity contribution in [1.29, 1.82) is 5.26 Å². The number of aromatic hydroxyl groups is 1. The van der Waals surface area contributed by atoms with Gasteiger partial charge in [-0.3, -0.25) is 9.59 Å². The molecule has 0 aliphatic carbocycles. The molecule has 0 radical (unpaired) electrons. The number of amides is 2. The van der Waals surface area contributed by atoms with Crippen LogP contribution in [0.25, 0.3) is 6.08 Å². The Morgan fingerprint density at radius 3 is 2.37 bits per heavy atom. The van der Waals surface area contributed by atoms with Gasteiger partial charge < -0.3 is 25.2 Å². The van der Waals surface area contributed by atoms with Gasteiger partial charge in [-0.25, -0.2) is 0 Å². The highest BCUT2D eigenvalue weighted by atomic mass is 127. The van der Waals surface area contributed by atoms with Crippen LogP contribution in [-0.2, 0) is 9.59 Å². The van der Waals surface area contributed by atoms with E-state index in [-0.39, 0.29) is 23.8 Å². The molecule has 0 fully saturated rings. The minimum Gasteiger partial charge on any atom is -0.508 e. The molecule has 0 heterocycles. The van der Waals surface area contributed by atoms with E-state index in [4.69, 9.17) is 9.47 Å². The molecule has 3 aromatic rings. The highest BCUT2D eigenvalue weighted by molar-refractivity contribution is 14.1. The summed E-state index contributed by atoms with van der Waals surface area (Å²) in [6.45, 7) is 1.94. The Morgan fingerprint density at radius 1 is 1.03 bits per heavy atom. The van der Waals surface area contributed by atoms with Gasteiger partial charge in [0.15, 0.2) is 18.1 Å². The van der Waals surface area contributed by atoms with Crippen molar-refractivity contribution in [3.63, 3.8) is 0 Å². The topological polar surface area (TPSA) is 121 Å². The SMILES string of the molecule is CCOc1cc(/C=C(\C#N)C(=O)Nc2ccc(O)cc2)cc(I)c1OCC(=O)Nc1ccccc1. The number of phenolic OH excluding ortho intramolecular Hbond substituents is 1. The molecule has 0 aromatic heterocycles. The summed E-state index contributed by atoms with van der Waals surface area (Å²) in [6, 6.07) is 20.2. The third-order valence-corrected chi connectivity index (χ3v) is 5.34. The lowest BCUT2D eigenvalue weighted by atomic mass is 10.1. The minimum absolute atomic E-state index is 0.0666. The van der Waals surface area contributed by atoms with Crippen LogP contribution in [0.3, 0.4) is 0 Å². The summed E-state index contributed by atoms with van der Waals surface area (Å²) < 4.78 is 12.1. The fourth-order valence-electron chi connectivity index (χ4n) is 2.99. The van der Waals surface area contributed by atoms with E-state index in [1.54, 1.807) is 24.3 Å². The third kappa shape index (κ3) is 7.48. The number of hydrogen-bond donors (Lipinski definition) is 3. The van der Waals surface area contributed by atoms with Gasteiger partial charge in [0, 0.05) is 11.4 Å². The molecule has 0 saturated carbocycles. The van der Waals surface area contributed by atoms with Gasteiger partial charge in [0.1, 0.15) is 17.4 Å². The molecular weight excluding hydrogens is 561 g/mol. The fourth-order valence-corrected chi connectivity index (χ4v) is 3.77. The van der Waals surface area contributed by atoms with Crippen LogP contribution in [0, 0.1) is 14.9 Å². The Labute approximate surface area is 216 Å². The number of halogens is 1. The number of nitrogens with one attached hydrogen (secondary N) is 2. The van der Waals surface area contributed by atoms with Crippen molar-refractivity contribution in [3.8, 4) is 23.3 Å². The lowest BCUT2D eigenvalue weighted by Gasteiger charge is -2.15. The van der Waals surface area contributed by atoms with E-state index in [0.29, 0.717) is 38.6 Å². The predicted octanol–water partition coefficient (Wildman–Crippen LogP) is 4.96. The number of carbonyl (C=O) groups excluding carboxylic acids is 2. The summed E-state index contributed by atoms with van der Waals surface area (Å²) in [5, 5.41) is 24.3. The van der Waals surface area contributed by atoms with Crippen molar-refractivity contribution in [2.75, 3.05) is 23.8 Å². The van der Waals surface area contributed by atoms with Gasteiger partial charge in [-0.15, -0.1) is 0 Å². The maximum Gasteiger partial charge on any atom is 0.266 e. The van der Waals surface area contributed by atoms with E-state index in [2.05, 4.69) is 10.6 Å². The summed E-state index contributed by atoms with van der Waals surface area (Å²) in [5.74, 6) is -0.0775. The number of anilines is 2.